The van der Waals surface area contributed by atoms with Crippen LogP contribution in [0.25, 0.3) is 0 Å². The fourth-order valence-electron chi connectivity index (χ4n) is 1.80. The summed E-state index contributed by atoms with van der Waals surface area (Å²) >= 11 is 0. The second-order valence-corrected chi connectivity index (χ2v) is 3.68. The molecule has 1 atom stereocenters. The van der Waals surface area contributed by atoms with Crippen LogP contribution in [0.4, 0.5) is 13.2 Å². The molecule has 0 aromatic rings. The Kier molecular flexibility index (Phi) is 2.17. The summed E-state index contributed by atoms with van der Waals surface area (Å²) in [5.74, 6) is 0. The zero-order valence-electron chi connectivity index (χ0n) is 7.52. The summed E-state index contributed by atoms with van der Waals surface area (Å²) in [5, 5.41) is 6.07. The summed E-state index contributed by atoms with van der Waals surface area (Å²) in [7, 11) is 0. The van der Waals surface area contributed by atoms with E-state index in [4.69, 9.17) is 4.84 Å². The van der Waals surface area contributed by atoms with Crippen LogP contribution in [0.5, 0.6) is 0 Å². The minimum atomic E-state index is -4.36. The lowest BCUT2D eigenvalue weighted by Crippen LogP contribution is -2.49. The van der Waals surface area contributed by atoms with Crippen LogP contribution >= 0.6 is 0 Å². The minimum absolute atomic E-state index is 0.170. The standard InChI is InChI=1S/C8H11F3N2O/c9-8(10,11)6-5-7(14-13-6)3-1-2-4-12-7/h12H,1-5H2/t7-/m0/s1. The molecule has 1 fully saturated rings. The summed E-state index contributed by atoms with van der Waals surface area (Å²) in [6.07, 6.45) is -2.07. The highest BCUT2D eigenvalue weighted by Gasteiger charge is 2.49. The van der Waals surface area contributed by atoms with Gasteiger partial charge in [0, 0.05) is 6.42 Å². The van der Waals surface area contributed by atoms with Gasteiger partial charge < -0.3 is 4.84 Å². The molecule has 1 saturated heterocycles. The highest BCUT2D eigenvalue weighted by Crippen LogP contribution is 2.34. The number of nitrogens with one attached hydrogen (secondary N) is 1. The first-order valence-corrected chi connectivity index (χ1v) is 4.59. The molecule has 6 heteroatoms. The van der Waals surface area contributed by atoms with Crippen LogP contribution in [0.3, 0.4) is 0 Å². The average molecular weight is 208 g/mol. The third kappa shape index (κ3) is 1.70. The van der Waals surface area contributed by atoms with Crippen molar-refractivity contribution in [1.82, 2.24) is 5.32 Å². The van der Waals surface area contributed by atoms with Crippen molar-refractivity contribution in [3.8, 4) is 0 Å². The fourth-order valence-corrected chi connectivity index (χ4v) is 1.80. The van der Waals surface area contributed by atoms with E-state index in [1.165, 1.54) is 0 Å². The van der Waals surface area contributed by atoms with Crippen LogP contribution in [0.2, 0.25) is 0 Å². The molecule has 2 rings (SSSR count). The van der Waals surface area contributed by atoms with Gasteiger partial charge in [-0.15, -0.1) is 0 Å². The van der Waals surface area contributed by atoms with E-state index in [2.05, 4.69) is 10.5 Å². The molecule has 0 amide bonds. The van der Waals surface area contributed by atoms with Gasteiger partial charge in [0.25, 0.3) is 0 Å². The number of nitrogens with zero attached hydrogens (tertiary/aromatic N) is 1. The van der Waals surface area contributed by atoms with Crippen LogP contribution in [0.15, 0.2) is 5.16 Å². The van der Waals surface area contributed by atoms with Crippen molar-refractivity contribution in [2.75, 3.05) is 6.54 Å². The zero-order valence-corrected chi connectivity index (χ0v) is 7.52. The lowest BCUT2D eigenvalue weighted by atomic mass is 9.96. The lowest BCUT2D eigenvalue weighted by Gasteiger charge is -2.31. The number of alkyl halides is 3. The molecular formula is C8H11F3N2O. The normalized spacial score (nSPS) is 32.9. The second kappa shape index (κ2) is 3.12. The number of oxime groups is 1. The number of hydrogen-bond acceptors (Lipinski definition) is 3. The first-order chi connectivity index (χ1) is 6.52. The molecule has 0 aliphatic carbocycles. The highest BCUT2D eigenvalue weighted by molar-refractivity contribution is 5.91. The number of hydrogen-bond donors (Lipinski definition) is 1. The maximum absolute atomic E-state index is 12.3. The maximum Gasteiger partial charge on any atom is 0.432 e. The summed E-state index contributed by atoms with van der Waals surface area (Å²) in [5.41, 5.74) is -1.68. The van der Waals surface area contributed by atoms with Gasteiger partial charge in [0.15, 0.2) is 11.4 Å². The summed E-state index contributed by atoms with van der Waals surface area (Å²) in [6, 6.07) is 0. The topological polar surface area (TPSA) is 33.6 Å². The Morgan fingerprint density at radius 2 is 2.14 bits per heavy atom. The first-order valence-electron chi connectivity index (χ1n) is 4.59. The van der Waals surface area contributed by atoms with Crippen LogP contribution in [0, 0.1) is 0 Å². The van der Waals surface area contributed by atoms with Crippen LogP contribution in [-0.4, -0.2) is 24.2 Å². The van der Waals surface area contributed by atoms with E-state index in [-0.39, 0.29) is 6.42 Å². The number of rotatable bonds is 0. The Morgan fingerprint density at radius 1 is 1.36 bits per heavy atom. The van der Waals surface area contributed by atoms with Gasteiger partial charge >= 0.3 is 6.18 Å². The molecule has 0 aromatic carbocycles. The molecule has 80 valence electrons. The first kappa shape index (κ1) is 9.76. The predicted octanol–water partition coefficient (Wildman–Crippen LogP) is 1.79. The largest absolute Gasteiger partial charge is 0.432 e. The molecule has 0 radical (unpaired) electrons. The third-order valence-corrected chi connectivity index (χ3v) is 2.57. The SMILES string of the molecule is FC(F)(F)C1=NO[C@@]2(CCCCN2)C1. The fraction of sp³-hybridized carbons (Fsp3) is 0.875. The van der Waals surface area contributed by atoms with Crippen LogP contribution in [-0.2, 0) is 4.84 Å². The van der Waals surface area contributed by atoms with E-state index >= 15 is 0 Å². The van der Waals surface area contributed by atoms with Gasteiger partial charge in [-0.3, -0.25) is 5.32 Å². The molecule has 14 heavy (non-hydrogen) atoms. The van der Waals surface area contributed by atoms with Crippen LogP contribution in [0.1, 0.15) is 25.7 Å². The van der Waals surface area contributed by atoms with Crippen molar-refractivity contribution in [2.24, 2.45) is 5.16 Å². The lowest BCUT2D eigenvalue weighted by molar-refractivity contribution is -0.0638. The monoisotopic (exact) mass is 208 g/mol. The van der Waals surface area contributed by atoms with Gasteiger partial charge in [0.05, 0.1) is 6.42 Å². The van der Waals surface area contributed by atoms with E-state index in [0.29, 0.717) is 13.0 Å². The molecule has 0 aromatic heterocycles. The van der Waals surface area contributed by atoms with Crippen molar-refractivity contribution in [3.63, 3.8) is 0 Å². The van der Waals surface area contributed by atoms with Crippen molar-refractivity contribution in [1.29, 1.82) is 0 Å². The van der Waals surface area contributed by atoms with E-state index < -0.39 is 17.6 Å². The van der Waals surface area contributed by atoms with E-state index in [9.17, 15) is 13.2 Å². The smallest absolute Gasteiger partial charge is 0.373 e. The molecule has 1 spiro atoms. The van der Waals surface area contributed by atoms with Gasteiger partial charge in [-0.2, -0.15) is 13.2 Å². The van der Waals surface area contributed by atoms with Crippen molar-refractivity contribution in [2.45, 2.75) is 37.6 Å². The maximum atomic E-state index is 12.3. The Morgan fingerprint density at radius 3 is 2.64 bits per heavy atom. The third-order valence-electron chi connectivity index (χ3n) is 2.57. The molecule has 2 aliphatic rings. The Balaban J connectivity index is 2.03. The van der Waals surface area contributed by atoms with Gasteiger partial charge in [-0.25, -0.2) is 0 Å². The predicted molar refractivity (Wildman–Crippen MR) is 43.8 cm³/mol. The van der Waals surface area contributed by atoms with Crippen LogP contribution < -0.4 is 5.32 Å². The Bertz CT molecular complexity index is 256. The molecule has 3 nitrogen and oxygen atoms in total. The van der Waals surface area contributed by atoms with Crippen molar-refractivity contribution >= 4 is 5.71 Å². The van der Waals surface area contributed by atoms with Gasteiger partial charge in [-0.1, -0.05) is 5.16 Å². The van der Waals surface area contributed by atoms with Gasteiger partial charge in [-0.05, 0) is 19.4 Å². The second-order valence-electron chi connectivity index (χ2n) is 3.68. The molecule has 1 N–H and O–H groups in total. The summed E-state index contributed by atoms with van der Waals surface area (Å²) < 4.78 is 36.8. The number of halogens is 3. The van der Waals surface area contributed by atoms with E-state index in [1.54, 1.807) is 0 Å². The molecule has 0 unspecified atom stereocenters. The van der Waals surface area contributed by atoms with E-state index in [0.717, 1.165) is 12.8 Å². The Hall–Kier alpha value is -0.780. The molecule has 0 bridgehead atoms. The van der Waals surface area contributed by atoms with E-state index in [1.807, 2.05) is 0 Å². The summed E-state index contributed by atoms with van der Waals surface area (Å²) in [6.45, 7) is 0.695. The molecular weight excluding hydrogens is 197 g/mol. The number of piperidine rings is 1. The minimum Gasteiger partial charge on any atom is -0.373 e. The van der Waals surface area contributed by atoms with Gasteiger partial charge in [0.2, 0.25) is 0 Å². The highest BCUT2D eigenvalue weighted by atomic mass is 19.4. The zero-order chi connectivity index (χ0) is 10.2. The van der Waals surface area contributed by atoms with Gasteiger partial charge in [0.1, 0.15) is 0 Å². The van der Waals surface area contributed by atoms with Crippen molar-refractivity contribution < 1.29 is 18.0 Å². The quantitative estimate of drug-likeness (QED) is 0.658. The summed E-state index contributed by atoms with van der Waals surface area (Å²) in [4.78, 5) is 4.88. The molecule has 2 heterocycles. The molecule has 0 saturated carbocycles. The average Bonchev–Trinajstić information content (AvgIpc) is 2.50. The Labute approximate surface area is 79.3 Å². The molecule has 2 aliphatic heterocycles. The van der Waals surface area contributed by atoms with Crippen molar-refractivity contribution in [3.05, 3.63) is 0 Å².